The van der Waals surface area contributed by atoms with Gasteiger partial charge in [-0.05, 0) is 69.9 Å². The Hall–Kier alpha value is -1.88. The molecule has 1 saturated heterocycles. The number of carbonyl (C=O) groups is 1. The fraction of sp³-hybridized carbons (Fsp3) is 0.600. The minimum Gasteiger partial charge on any atom is -0.352 e. The third kappa shape index (κ3) is 3.71. The van der Waals surface area contributed by atoms with Gasteiger partial charge in [-0.25, -0.2) is 4.98 Å². The highest BCUT2D eigenvalue weighted by molar-refractivity contribution is 5.97. The van der Waals surface area contributed by atoms with E-state index in [-0.39, 0.29) is 5.91 Å². The number of aromatic nitrogens is 2. The number of amides is 1. The first-order chi connectivity index (χ1) is 12.3. The lowest BCUT2D eigenvalue weighted by Gasteiger charge is -2.14. The number of rotatable bonds is 6. The molecule has 2 heterocycles. The summed E-state index contributed by atoms with van der Waals surface area (Å²) in [5, 5.41) is 3.05. The van der Waals surface area contributed by atoms with Gasteiger partial charge in [0.15, 0.2) is 0 Å². The van der Waals surface area contributed by atoms with Crippen molar-refractivity contribution in [2.45, 2.75) is 51.0 Å². The lowest BCUT2D eigenvalue weighted by Crippen LogP contribution is -2.28. The molecule has 1 aromatic carbocycles. The van der Waals surface area contributed by atoms with Crippen LogP contribution in [0.2, 0.25) is 0 Å². The summed E-state index contributed by atoms with van der Waals surface area (Å²) in [6, 6.07) is 6.50. The molecule has 0 radical (unpaired) electrons. The van der Waals surface area contributed by atoms with E-state index in [2.05, 4.69) is 25.8 Å². The maximum absolute atomic E-state index is 12.4. The lowest BCUT2D eigenvalue weighted by molar-refractivity contribution is 0.0952. The van der Waals surface area contributed by atoms with Gasteiger partial charge in [0.2, 0.25) is 0 Å². The third-order valence-corrected chi connectivity index (χ3v) is 5.69. The van der Waals surface area contributed by atoms with E-state index in [0.29, 0.717) is 11.6 Å². The largest absolute Gasteiger partial charge is 0.352 e. The molecule has 0 unspecified atom stereocenters. The Balaban J connectivity index is 1.35. The molecule has 5 nitrogen and oxygen atoms in total. The minimum absolute atomic E-state index is 0.0127. The molecule has 0 bridgehead atoms. The maximum atomic E-state index is 12.4. The molecule has 1 aliphatic heterocycles. The number of hydrogen-bond donors (Lipinski definition) is 1. The SMILES string of the molecule is O=C(NCCCN1CCCC1)c1ccc2c(c1)ncn2C1CCCC1. The third-order valence-electron chi connectivity index (χ3n) is 5.69. The van der Waals surface area contributed by atoms with Crippen LogP contribution < -0.4 is 5.32 Å². The van der Waals surface area contributed by atoms with E-state index in [0.717, 1.165) is 30.5 Å². The highest BCUT2D eigenvalue weighted by Gasteiger charge is 2.19. The van der Waals surface area contributed by atoms with E-state index in [4.69, 9.17) is 0 Å². The van der Waals surface area contributed by atoms with Gasteiger partial charge in [-0.2, -0.15) is 0 Å². The Labute approximate surface area is 149 Å². The van der Waals surface area contributed by atoms with Crippen LogP contribution in [0.4, 0.5) is 0 Å². The van der Waals surface area contributed by atoms with Crippen molar-refractivity contribution in [1.82, 2.24) is 19.8 Å². The summed E-state index contributed by atoms with van der Waals surface area (Å²) < 4.78 is 2.29. The number of likely N-dealkylation sites (tertiary alicyclic amines) is 1. The summed E-state index contributed by atoms with van der Waals surface area (Å²) in [7, 11) is 0. The Morgan fingerprint density at radius 2 is 1.96 bits per heavy atom. The zero-order valence-electron chi connectivity index (χ0n) is 14.9. The highest BCUT2D eigenvalue weighted by atomic mass is 16.1. The van der Waals surface area contributed by atoms with Crippen molar-refractivity contribution in [3.8, 4) is 0 Å². The molecule has 134 valence electrons. The molecular formula is C20H28N4O. The summed E-state index contributed by atoms with van der Waals surface area (Å²) in [5.74, 6) is 0.0127. The van der Waals surface area contributed by atoms with E-state index in [1.54, 1.807) is 0 Å². The number of nitrogens with one attached hydrogen (secondary N) is 1. The van der Waals surface area contributed by atoms with Gasteiger partial charge in [0.25, 0.3) is 5.91 Å². The molecule has 25 heavy (non-hydrogen) atoms. The normalized spacial score (nSPS) is 19.0. The van der Waals surface area contributed by atoms with Crippen LogP contribution in [0, 0.1) is 0 Å². The molecule has 1 saturated carbocycles. The Morgan fingerprint density at radius 3 is 2.76 bits per heavy atom. The van der Waals surface area contributed by atoms with Crippen molar-refractivity contribution in [2.24, 2.45) is 0 Å². The van der Waals surface area contributed by atoms with Crippen LogP contribution in [0.5, 0.6) is 0 Å². The zero-order valence-corrected chi connectivity index (χ0v) is 14.9. The van der Waals surface area contributed by atoms with Crippen LogP contribution in [0.25, 0.3) is 11.0 Å². The van der Waals surface area contributed by atoms with Gasteiger partial charge in [-0.15, -0.1) is 0 Å². The zero-order chi connectivity index (χ0) is 17.1. The first-order valence-electron chi connectivity index (χ1n) is 9.78. The second-order valence-electron chi connectivity index (χ2n) is 7.45. The van der Waals surface area contributed by atoms with E-state index in [1.807, 2.05) is 18.5 Å². The fourth-order valence-electron chi connectivity index (χ4n) is 4.26. The number of carbonyl (C=O) groups excluding carboxylic acids is 1. The number of hydrogen-bond acceptors (Lipinski definition) is 3. The Bertz CT molecular complexity index is 726. The first kappa shape index (κ1) is 16.6. The van der Waals surface area contributed by atoms with Gasteiger partial charge in [-0.3, -0.25) is 4.79 Å². The van der Waals surface area contributed by atoms with Crippen molar-refractivity contribution in [2.75, 3.05) is 26.2 Å². The van der Waals surface area contributed by atoms with Gasteiger partial charge in [0.1, 0.15) is 0 Å². The quantitative estimate of drug-likeness (QED) is 0.820. The molecule has 2 aliphatic rings. The van der Waals surface area contributed by atoms with Crippen LogP contribution in [0.15, 0.2) is 24.5 Å². The summed E-state index contributed by atoms with van der Waals surface area (Å²) in [6.07, 6.45) is 10.7. The number of nitrogens with zero attached hydrogens (tertiary/aromatic N) is 3. The molecule has 1 amide bonds. The topological polar surface area (TPSA) is 50.2 Å². The molecule has 5 heteroatoms. The van der Waals surface area contributed by atoms with E-state index >= 15 is 0 Å². The van der Waals surface area contributed by atoms with Crippen LogP contribution in [-0.2, 0) is 0 Å². The molecule has 4 rings (SSSR count). The monoisotopic (exact) mass is 340 g/mol. The molecule has 0 atom stereocenters. The van der Waals surface area contributed by atoms with Crippen LogP contribution in [0.3, 0.4) is 0 Å². The van der Waals surface area contributed by atoms with E-state index < -0.39 is 0 Å². The molecular weight excluding hydrogens is 312 g/mol. The predicted molar refractivity (Wildman–Crippen MR) is 99.9 cm³/mol. The van der Waals surface area contributed by atoms with Crippen LogP contribution in [-0.4, -0.2) is 46.5 Å². The number of imidazole rings is 1. The standard InChI is InChI=1S/C20H28N4O/c25-20(21-10-5-13-23-11-3-4-12-23)16-8-9-19-18(14-16)22-15-24(19)17-6-1-2-7-17/h8-9,14-15,17H,1-7,10-13H2,(H,21,25). The summed E-state index contributed by atoms with van der Waals surface area (Å²) in [4.78, 5) is 19.4. The lowest BCUT2D eigenvalue weighted by atomic mass is 10.1. The number of fused-ring (bicyclic) bond motifs is 1. The van der Waals surface area contributed by atoms with Crippen molar-refractivity contribution in [1.29, 1.82) is 0 Å². The number of benzene rings is 1. The van der Waals surface area contributed by atoms with Crippen molar-refractivity contribution in [3.63, 3.8) is 0 Å². The highest BCUT2D eigenvalue weighted by Crippen LogP contribution is 2.32. The molecule has 1 aromatic heterocycles. The van der Waals surface area contributed by atoms with E-state index in [9.17, 15) is 4.79 Å². The summed E-state index contributed by atoms with van der Waals surface area (Å²) >= 11 is 0. The smallest absolute Gasteiger partial charge is 0.251 e. The molecule has 0 spiro atoms. The van der Waals surface area contributed by atoms with Gasteiger partial charge in [0, 0.05) is 18.2 Å². The Morgan fingerprint density at radius 1 is 1.16 bits per heavy atom. The van der Waals surface area contributed by atoms with Crippen molar-refractivity contribution < 1.29 is 4.79 Å². The minimum atomic E-state index is 0.0127. The van der Waals surface area contributed by atoms with Crippen molar-refractivity contribution in [3.05, 3.63) is 30.1 Å². The molecule has 1 aliphatic carbocycles. The summed E-state index contributed by atoms with van der Waals surface area (Å²) in [5.41, 5.74) is 2.79. The summed E-state index contributed by atoms with van der Waals surface area (Å²) in [6.45, 7) is 4.26. The van der Waals surface area contributed by atoms with Gasteiger partial charge in [0.05, 0.1) is 17.4 Å². The molecule has 1 N–H and O–H groups in total. The van der Waals surface area contributed by atoms with Gasteiger partial charge >= 0.3 is 0 Å². The maximum Gasteiger partial charge on any atom is 0.251 e. The van der Waals surface area contributed by atoms with Crippen LogP contribution >= 0.6 is 0 Å². The van der Waals surface area contributed by atoms with Gasteiger partial charge < -0.3 is 14.8 Å². The first-order valence-corrected chi connectivity index (χ1v) is 9.78. The van der Waals surface area contributed by atoms with E-state index in [1.165, 1.54) is 51.6 Å². The second kappa shape index (κ2) is 7.56. The van der Waals surface area contributed by atoms with Crippen LogP contribution in [0.1, 0.15) is 61.3 Å². The average molecular weight is 340 g/mol. The second-order valence-corrected chi connectivity index (χ2v) is 7.45. The molecule has 2 aromatic rings. The van der Waals surface area contributed by atoms with Gasteiger partial charge in [-0.1, -0.05) is 12.8 Å². The predicted octanol–water partition coefficient (Wildman–Crippen LogP) is 3.37. The molecule has 2 fully saturated rings. The Kier molecular flexibility index (Phi) is 5.02. The fourth-order valence-corrected chi connectivity index (χ4v) is 4.26. The average Bonchev–Trinajstić information content (AvgIpc) is 3.38. The van der Waals surface area contributed by atoms with Crippen molar-refractivity contribution >= 4 is 16.9 Å².